The molecule has 3 rings (SSSR count). The predicted octanol–water partition coefficient (Wildman–Crippen LogP) is 2.23. The van der Waals surface area contributed by atoms with Crippen LogP contribution in [0.5, 0.6) is 11.5 Å². The van der Waals surface area contributed by atoms with E-state index in [4.69, 9.17) is 15.2 Å². The molecule has 0 amide bonds. The summed E-state index contributed by atoms with van der Waals surface area (Å²) in [6.45, 7) is 1.22. The first-order valence-corrected chi connectivity index (χ1v) is 6.91. The number of fused-ring (bicyclic) bond motifs is 1. The second kappa shape index (κ2) is 5.75. The number of aliphatic imine (C=N–C) groups is 1. The third kappa shape index (κ3) is 3.34. The molecule has 0 aromatic heterocycles. The van der Waals surface area contributed by atoms with Crippen molar-refractivity contribution in [2.45, 2.75) is 25.3 Å². The normalized spacial score (nSPS) is 24.6. The van der Waals surface area contributed by atoms with Crippen molar-refractivity contribution < 1.29 is 18.3 Å². The van der Waals surface area contributed by atoms with E-state index in [1.807, 2.05) is 0 Å². The van der Waals surface area contributed by atoms with Crippen LogP contribution >= 0.6 is 0 Å². The van der Waals surface area contributed by atoms with E-state index in [0.717, 1.165) is 6.42 Å². The molecule has 0 bridgehead atoms. The Labute approximate surface area is 121 Å². The van der Waals surface area contributed by atoms with Crippen LogP contribution in [-0.4, -0.2) is 31.6 Å². The molecular weight excluding hydrogens is 280 g/mol. The lowest BCUT2D eigenvalue weighted by Gasteiger charge is -2.10. The van der Waals surface area contributed by atoms with Gasteiger partial charge in [0, 0.05) is 24.1 Å². The highest BCUT2D eigenvalue weighted by Gasteiger charge is 2.44. The number of halogens is 2. The zero-order valence-corrected chi connectivity index (χ0v) is 11.4. The standard InChI is InChI=1S/C14H17F2N3O2/c15-13(16)9-7-10(9)19-14(17)18-8-2-3-11-12(6-8)21-5-1-4-20-11/h2-3,6,9-10,13H,1,4-5,7H2,(H3,17,18,19)/t9-,10-/m0/s1. The predicted molar refractivity (Wildman–Crippen MR) is 75.2 cm³/mol. The van der Waals surface area contributed by atoms with E-state index < -0.39 is 12.3 Å². The molecule has 114 valence electrons. The lowest BCUT2D eigenvalue weighted by molar-refractivity contribution is 0.121. The van der Waals surface area contributed by atoms with Crippen LogP contribution in [0.1, 0.15) is 12.8 Å². The number of hydrogen-bond donors (Lipinski definition) is 2. The molecule has 2 aliphatic rings. The van der Waals surface area contributed by atoms with Crippen LogP contribution in [0.2, 0.25) is 0 Å². The van der Waals surface area contributed by atoms with E-state index >= 15 is 0 Å². The molecule has 1 heterocycles. The fraction of sp³-hybridized carbons (Fsp3) is 0.500. The largest absolute Gasteiger partial charge is 0.490 e. The van der Waals surface area contributed by atoms with E-state index in [1.165, 1.54) is 0 Å². The van der Waals surface area contributed by atoms with Crippen LogP contribution < -0.4 is 20.5 Å². The SMILES string of the molecule is NC(=N[C@H]1C[C@@H]1C(F)F)Nc1ccc2c(c1)OCCCO2. The molecule has 1 saturated carbocycles. The maximum atomic E-state index is 12.4. The second-order valence-corrected chi connectivity index (χ2v) is 5.15. The summed E-state index contributed by atoms with van der Waals surface area (Å²) in [5.41, 5.74) is 6.43. The highest BCUT2D eigenvalue weighted by atomic mass is 19.3. The van der Waals surface area contributed by atoms with Crippen LogP contribution in [0.4, 0.5) is 14.5 Å². The van der Waals surface area contributed by atoms with Gasteiger partial charge in [-0.15, -0.1) is 0 Å². The third-order valence-electron chi connectivity index (χ3n) is 3.45. The molecule has 0 radical (unpaired) electrons. The van der Waals surface area contributed by atoms with Crippen LogP contribution in [0.3, 0.4) is 0 Å². The Morgan fingerprint density at radius 2 is 2.05 bits per heavy atom. The molecule has 0 saturated heterocycles. The molecule has 0 unspecified atom stereocenters. The van der Waals surface area contributed by atoms with Crippen molar-refractivity contribution >= 4 is 11.6 Å². The molecule has 7 heteroatoms. The van der Waals surface area contributed by atoms with E-state index in [9.17, 15) is 8.78 Å². The van der Waals surface area contributed by atoms with E-state index in [1.54, 1.807) is 18.2 Å². The molecule has 0 spiro atoms. The molecule has 3 N–H and O–H groups in total. The summed E-state index contributed by atoms with van der Waals surface area (Å²) < 4.78 is 35.9. The number of benzene rings is 1. The van der Waals surface area contributed by atoms with Gasteiger partial charge in [-0.1, -0.05) is 0 Å². The Morgan fingerprint density at radius 3 is 2.76 bits per heavy atom. The minimum absolute atomic E-state index is 0.137. The van der Waals surface area contributed by atoms with Crippen LogP contribution in [-0.2, 0) is 0 Å². The van der Waals surface area contributed by atoms with Crippen molar-refractivity contribution in [2.75, 3.05) is 18.5 Å². The molecular formula is C14H17F2N3O2. The lowest BCUT2D eigenvalue weighted by Crippen LogP contribution is -2.23. The van der Waals surface area contributed by atoms with Crippen molar-refractivity contribution in [1.82, 2.24) is 0 Å². The Morgan fingerprint density at radius 1 is 1.29 bits per heavy atom. The minimum atomic E-state index is -2.33. The van der Waals surface area contributed by atoms with Gasteiger partial charge in [-0.25, -0.2) is 13.8 Å². The van der Waals surface area contributed by atoms with Gasteiger partial charge in [0.25, 0.3) is 0 Å². The molecule has 1 aliphatic carbocycles. The van der Waals surface area contributed by atoms with E-state index in [2.05, 4.69) is 10.3 Å². The fourth-order valence-electron chi connectivity index (χ4n) is 2.22. The molecule has 2 atom stereocenters. The maximum absolute atomic E-state index is 12.4. The molecule has 1 aromatic rings. The van der Waals surface area contributed by atoms with E-state index in [-0.39, 0.29) is 12.0 Å². The number of ether oxygens (including phenoxy) is 2. The van der Waals surface area contributed by atoms with Crippen molar-refractivity contribution in [1.29, 1.82) is 0 Å². The number of nitrogens with zero attached hydrogens (tertiary/aromatic N) is 1. The minimum Gasteiger partial charge on any atom is -0.490 e. The monoisotopic (exact) mass is 297 g/mol. The summed E-state index contributed by atoms with van der Waals surface area (Å²) >= 11 is 0. The smallest absolute Gasteiger partial charge is 0.243 e. The highest BCUT2D eigenvalue weighted by molar-refractivity contribution is 5.92. The first-order chi connectivity index (χ1) is 10.1. The number of alkyl halides is 2. The van der Waals surface area contributed by atoms with Gasteiger partial charge in [0.2, 0.25) is 6.43 Å². The lowest BCUT2D eigenvalue weighted by atomic mass is 10.3. The van der Waals surface area contributed by atoms with Gasteiger partial charge in [-0.05, 0) is 18.6 Å². The summed E-state index contributed by atoms with van der Waals surface area (Å²) in [5, 5.41) is 2.89. The molecule has 1 aliphatic heterocycles. The third-order valence-corrected chi connectivity index (χ3v) is 3.45. The molecule has 1 aromatic carbocycles. The van der Waals surface area contributed by atoms with Gasteiger partial charge < -0.3 is 20.5 Å². The summed E-state index contributed by atoms with van der Waals surface area (Å²) in [5.74, 6) is 0.808. The number of rotatable bonds is 3. The average molecular weight is 297 g/mol. The van der Waals surface area contributed by atoms with Gasteiger partial charge in [0.05, 0.1) is 19.3 Å². The highest BCUT2D eigenvalue weighted by Crippen LogP contribution is 2.39. The summed E-state index contributed by atoms with van der Waals surface area (Å²) in [6, 6.07) is 4.96. The van der Waals surface area contributed by atoms with Crippen LogP contribution in [0.25, 0.3) is 0 Å². The van der Waals surface area contributed by atoms with Crippen molar-refractivity contribution in [3.63, 3.8) is 0 Å². The summed E-state index contributed by atoms with van der Waals surface area (Å²) in [6.07, 6.45) is -1.11. The number of hydrogen-bond acceptors (Lipinski definition) is 3. The van der Waals surface area contributed by atoms with Crippen LogP contribution in [0, 0.1) is 5.92 Å². The maximum Gasteiger partial charge on any atom is 0.243 e. The van der Waals surface area contributed by atoms with E-state index in [0.29, 0.717) is 36.8 Å². The fourth-order valence-corrected chi connectivity index (χ4v) is 2.22. The Kier molecular flexibility index (Phi) is 3.81. The molecule has 21 heavy (non-hydrogen) atoms. The van der Waals surface area contributed by atoms with Gasteiger partial charge in [0.15, 0.2) is 17.5 Å². The van der Waals surface area contributed by atoms with Gasteiger partial charge in [-0.2, -0.15) is 0 Å². The van der Waals surface area contributed by atoms with Gasteiger partial charge in [-0.3, -0.25) is 0 Å². The van der Waals surface area contributed by atoms with Crippen molar-refractivity contribution in [2.24, 2.45) is 16.6 Å². The first-order valence-electron chi connectivity index (χ1n) is 6.91. The second-order valence-electron chi connectivity index (χ2n) is 5.15. The average Bonchev–Trinajstić information content (AvgIpc) is 3.21. The van der Waals surface area contributed by atoms with Crippen LogP contribution in [0.15, 0.2) is 23.2 Å². The zero-order chi connectivity index (χ0) is 14.8. The number of guanidine groups is 1. The molecule has 1 fully saturated rings. The quantitative estimate of drug-likeness (QED) is 0.663. The number of nitrogens with one attached hydrogen (secondary N) is 1. The topological polar surface area (TPSA) is 68.9 Å². The van der Waals surface area contributed by atoms with Gasteiger partial charge >= 0.3 is 0 Å². The number of nitrogens with two attached hydrogens (primary N) is 1. The zero-order valence-electron chi connectivity index (χ0n) is 11.4. The van der Waals surface area contributed by atoms with Crippen molar-refractivity contribution in [3.8, 4) is 11.5 Å². The number of anilines is 1. The Hall–Kier alpha value is -2.05. The van der Waals surface area contributed by atoms with Gasteiger partial charge in [0.1, 0.15) is 0 Å². The molecule has 5 nitrogen and oxygen atoms in total. The Bertz CT molecular complexity index is 551. The van der Waals surface area contributed by atoms with Crippen molar-refractivity contribution in [3.05, 3.63) is 18.2 Å². The summed E-state index contributed by atoms with van der Waals surface area (Å²) in [7, 11) is 0. The summed E-state index contributed by atoms with van der Waals surface area (Å²) in [4.78, 5) is 4.05. The Balaban J connectivity index is 1.65. The first kappa shape index (κ1) is 13.9.